The Morgan fingerprint density at radius 2 is 1.40 bits per heavy atom. The van der Waals surface area contributed by atoms with Crippen LogP contribution in [0.3, 0.4) is 0 Å². The Balaban J connectivity index is 0. The second-order valence-corrected chi connectivity index (χ2v) is 5.73. The first-order valence-electron chi connectivity index (χ1n) is 6.92. The van der Waals surface area contributed by atoms with Crippen molar-refractivity contribution >= 4 is 23.0 Å². The van der Waals surface area contributed by atoms with E-state index >= 15 is 0 Å². The molecule has 20 heavy (non-hydrogen) atoms. The minimum atomic E-state index is -4.67. The highest BCUT2D eigenvalue weighted by Crippen LogP contribution is 2.06. The van der Waals surface area contributed by atoms with Crippen LogP contribution in [0.4, 0.5) is 0 Å². The normalized spacial score (nSPS) is 11.0. The lowest BCUT2D eigenvalue weighted by Gasteiger charge is -2.03. The van der Waals surface area contributed by atoms with Crippen LogP contribution in [0.25, 0.3) is 0 Å². The van der Waals surface area contributed by atoms with E-state index in [0.717, 1.165) is 25.4 Å². The summed E-state index contributed by atoms with van der Waals surface area (Å²) >= 11 is 4.15. The molecule has 0 aliphatic heterocycles. The molecule has 0 bridgehead atoms. The zero-order valence-corrected chi connectivity index (χ0v) is 14.0. The summed E-state index contributed by atoms with van der Waals surface area (Å²) in [5, 5.41) is 3.36. The predicted molar refractivity (Wildman–Crippen MR) is 85.1 cm³/mol. The molecule has 124 valence electrons. The van der Waals surface area contributed by atoms with Crippen molar-refractivity contribution in [2.24, 2.45) is 0 Å². The zero-order valence-electron chi connectivity index (χ0n) is 12.3. The van der Waals surface area contributed by atoms with Crippen molar-refractivity contribution < 1.29 is 22.3 Å². The van der Waals surface area contributed by atoms with Gasteiger partial charge < -0.3 is 10.1 Å². The number of ether oxygens (including phenoxy) is 1. The fourth-order valence-electron chi connectivity index (χ4n) is 1.58. The van der Waals surface area contributed by atoms with E-state index in [-0.39, 0.29) is 0 Å². The zero-order chi connectivity index (χ0) is 15.7. The minimum absolute atomic E-state index is 0.924. The van der Waals surface area contributed by atoms with Gasteiger partial charge >= 0.3 is 10.4 Å². The highest BCUT2D eigenvalue weighted by Gasteiger charge is 1.91. The van der Waals surface area contributed by atoms with Crippen LogP contribution in [-0.4, -0.2) is 50.1 Å². The van der Waals surface area contributed by atoms with E-state index in [1.165, 1.54) is 44.9 Å². The first-order valence-corrected chi connectivity index (χ1v) is 8.95. The lowest BCUT2D eigenvalue weighted by molar-refractivity contribution is 0.192. The molecule has 0 fully saturated rings. The number of hydrogen-bond donors (Lipinski definition) is 4. The van der Waals surface area contributed by atoms with Crippen molar-refractivity contribution in [3.8, 4) is 0 Å². The summed E-state index contributed by atoms with van der Waals surface area (Å²) in [4.78, 5) is 0. The van der Waals surface area contributed by atoms with Gasteiger partial charge in [-0.2, -0.15) is 21.0 Å². The Bertz CT molecular complexity index is 253. The van der Waals surface area contributed by atoms with Gasteiger partial charge in [-0.15, -0.1) is 0 Å². The summed E-state index contributed by atoms with van der Waals surface area (Å²) in [5.74, 6) is 0.944. The quantitative estimate of drug-likeness (QED) is 0.249. The summed E-state index contributed by atoms with van der Waals surface area (Å²) in [7, 11) is -2.89. The van der Waals surface area contributed by atoms with Gasteiger partial charge in [-0.3, -0.25) is 9.11 Å². The third-order valence-electron chi connectivity index (χ3n) is 2.49. The highest BCUT2D eigenvalue weighted by molar-refractivity contribution is 7.80. The predicted octanol–water partition coefficient (Wildman–Crippen LogP) is 2.23. The van der Waals surface area contributed by atoms with Gasteiger partial charge in [0.15, 0.2) is 0 Å². The van der Waals surface area contributed by atoms with Crippen LogP contribution in [0.1, 0.15) is 44.9 Å². The van der Waals surface area contributed by atoms with Gasteiger partial charge in [-0.1, -0.05) is 32.1 Å². The van der Waals surface area contributed by atoms with Crippen LogP contribution < -0.4 is 5.32 Å². The van der Waals surface area contributed by atoms with Crippen molar-refractivity contribution in [2.45, 2.75) is 44.9 Å². The summed E-state index contributed by atoms with van der Waals surface area (Å²) in [6, 6.07) is 0. The molecule has 6 nitrogen and oxygen atoms in total. The molecule has 0 atom stereocenters. The first kappa shape index (κ1) is 22.4. The van der Waals surface area contributed by atoms with Gasteiger partial charge in [-0.05, 0) is 19.4 Å². The Hall–Kier alpha value is 0.140. The van der Waals surface area contributed by atoms with Gasteiger partial charge in [0.2, 0.25) is 0 Å². The summed E-state index contributed by atoms with van der Waals surface area (Å²) in [6.07, 6.45) is 9.36. The Kier molecular flexibility index (Phi) is 19.3. The molecule has 8 heteroatoms. The molecule has 0 aromatic heterocycles. The maximum atomic E-state index is 8.74. The topological polar surface area (TPSA) is 95.9 Å². The van der Waals surface area contributed by atoms with E-state index in [2.05, 4.69) is 17.9 Å². The number of rotatable bonds is 12. The summed E-state index contributed by atoms with van der Waals surface area (Å²) in [5.41, 5.74) is 0. The smallest absolute Gasteiger partial charge is 0.385 e. The lowest BCUT2D eigenvalue weighted by Crippen LogP contribution is -2.17. The van der Waals surface area contributed by atoms with E-state index in [1.807, 2.05) is 0 Å². The molecular formula is C12H29NO5S2. The van der Waals surface area contributed by atoms with Crippen LogP contribution in [0.15, 0.2) is 0 Å². The maximum absolute atomic E-state index is 8.74. The van der Waals surface area contributed by atoms with Crippen LogP contribution in [0, 0.1) is 0 Å². The molecule has 0 rings (SSSR count). The van der Waals surface area contributed by atoms with Crippen molar-refractivity contribution in [2.75, 3.05) is 32.6 Å². The average molecular weight is 332 g/mol. The molecule has 3 N–H and O–H groups in total. The summed E-state index contributed by atoms with van der Waals surface area (Å²) < 4.78 is 36.6. The number of hydrogen-bond acceptors (Lipinski definition) is 5. The maximum Gasteiger partial charge on any atom is 0.394 e. The number of thiol groups is 1. The Morgan fingerprint density at radius 1 is 0.950 bits per heavy atom. The van der Waals surface area contributed by atoms with Crippen LogP contribution in [-0.2, 0) is 15.1 Å². The molecule has 0 radical (unpaired) electrons. The second-order valence-electron chi connectivity index (χ2n) is 4.39. The fraction of sp³-hybridized carbons (Fsp3) is 1.00. The van der Waals surface area contributed by atoms with E-state index in [0.29, 0.717) is 0 Å². The minimum Gasteiger partial charge on any atom is -0.385 e. The van der Waals surface area contributed by atoms with E-state index < -0.39 is 10.4 Å². The molecule has 0 aromatic carbocycles. The van der Waals surface area contributed by atoms with Gasteiger partial charge in [0.1, 0.15) is 0 Å². The van der Waals surface area contributed by atoms with E-state index in [4.69, 9.17) is 22.3 Å². The molecule has 0 spiro atoms. The molecule has 0 unspecified atom stereocenters. The number of nitrogens with one attached hydrogen (secondary N) is 1. The highest BCUT2D eigenvalue weighted by atomic mass is 32.3. The standard InChI is InChI=1S/C12H27NOS.H2O4S/c1-14-11-8-6-4-2-3-5-7-9-13-10-12-15;1-5(2,3)4/h13,15H,2-12H2,1H3;(H2,1,2,3,4). The molecule has 0 saturated heterocycles. The molecule has 0 aromatic rings. The average Bonchev–Trinajstić information content (AvgIpc) is 2.34. The van der Waals surface area contributed by atoms with Gasteiger partial charge in [-0.25, -0.2) is 0 Å². The number of unbranched alkanes of at least 4 members (excludes halogenated alkanes) is 6. The second kappa shape index (κ2) is 17.2. The lowest BCUT2D eigenvalue weighted by atomic mass is 10.1. The van der Waals surface area contributed by atoms with E-state index in [1.54, 1.807) is 7.11 Å². The third-order valence-corrected chi connectivity index (χ3v) is 2.71. The molecule has 0 aliphatic rings. The third kappa shape index (κ3) is 36.2. The van der Waals surface area contributed by atoms with Crippen LogP contribution in [0.5, 0.6) is 0 Å². The molecule has 0 amide bonds. The molecule has 0 aliphatic carbocycles. The Labute approximate surface area is 128 Å². The molecule has 0 heterocycles. The van der Waals surface area contributed by atoms with Crippen molar-refractivity contribution in [3.05, 3.63) is 0 Å². The van der Waals surface area contributed by atoms with E-state index in [9.17, 15) is 0 Å². The van der Waals surface area contributed by atoms with Crippen LogP contribution in [0.2, 0.25) is 0 Å². The largest absolute Gasteiger partial charge is 0.394 e. The monoisotopic (exact) mass is 331 g/mol. The van der Waals surface area contributed by atoms with Gasteiger partial charge in [0, 0.05) is 26.0 Å². The van der Waals surface area contributed by atoms with Gasteiger partial charge in [0.05, 0.1) is 0 Å². The first-order chi connectivity index (χ1) is 9.41. The van der Waals surface area contributed by atoms with Crippen molar-refractivity contribution in [1.29, 1.82) is 0 Å². The van der Waals surface area contributed by atoms with Gasteiger partial charge in [0.25, 0.3) is 0 Å². The Morgan fingerprint density at radius 3 is 1.85 bits per heavy atom. The summed E-state index contributed by atoms with van der Waals surface area (Å²) in [6.45, 7) is 3.12. The SMILES string of the molecule is COCCCCCCCCCNCCS.O=S(=O)(O)O. The number of methoxy groups -OCH3 is 1. The molecule has 0 saturated carbocycles. The van der Waals surface area contributed by atoms with Crippen molar-refractivity contribution in [3.63, 3.8) is 0 Å². The molecular weight excluding hydrogens is 302 g/mol. The van der Waals surface area contributed by atoms with Crippen molar-refractivity contribution in [1.82, 2.24) is 5.32 Å². The fourth-order valence-corrected chi connectivity index (χ4v) is 1.74. The van der Waals surface area contributed by atoms with Crippen LogP contribution >= 0.6 is 12.6 Å².